The van der Waals surface area contributed by atoms with Crippen LogP contribution in [0.25, 0.3) is 0 Å². The quantitative estimate of drug-likeness (QED) is 0.902. The Bertz CT molecular complexity index is 454. The first-order valence-electron chi connectivity index (χ1n) is 8.39. The maximum atomic E-state index is 12.1. The number of rotatable bonds is 5. The summed E-state index contributed by atoms with van der Waals surface area (Å²) in [7, 11) is 0. The lowest BCUT2D eigenvalue weighted by Gasteiger charge is -2.26. The second kappa shape index (κ2) is 7.08. The van der Waals surface area contributed by atoms with Gasteiger partial charge in [0.15, 0.2) is 0 Å². The number of likely N-dealkylation sites (tertiary alicyclic amines) is 1. The Morgan fingerprint density at radius 1 is 1.05 bits per heavy atom. The molecule has 3 rings (SSSR count). The highest BCUT2D eigenvalue weighted by atomic mass is 16.2. The highest BCUT2D eigenvalue weighted by Crippen LogP contribution is 2.20. The maximum absolute atomic E-state index is 12.1. The van der Waals surface area contributed by atoms with Crippen LogP contribution in [0.1, 0.15) is 44.1 Å². The molecule has 3 heteroatoms. The van der Waals surface area contributed by atoms with Crippen LogP contribution in [-0.4, -0.2) is 36.0 Å². The lowest BCUT2D eigenvalue weighted by atomic mass is 9.95. The molecule has 1 saturated heterocycles. The molecule has 0 radical (unpaired) electrons. The smallest absolute Gasteiger partial charge is 0.224 e. The standard InChI is InChI=1S/C18H26N2O/c21-18-13-17(19-16-9-5-2-6-10-16)14-20(18)12-11-15-7-3-1-4-8-15/h1,3-4,7-8,16-17,19H,2,5-6,9-14H2/t17-/m0/s1. The molecule has 0 aromatic heterocycles. The molecule has 1 aliphatic carbocycles. The summed E-state index contributed by atoms with van der Waals surface area (Å²) in [4.78, 5) is 14.2. The Labute approximate surface area is 127 Å². The SMILES string of the molecule is O=C1C[C@H](NC2CCCCC2)CN1CCc1ccccc1. The van der Waals surface area contributed by atoms with Crippen LogP contribution in [0.3, 0.4) is 0 Å². The van der Waals surface area contributed by atoms with E-state index in [1.807, 2.05) is 11.0 Å². The predicted octanol–water partition coefficient (Wildman–Crippen LogP) is 2.75. The minimum atomic E-state index is 0.319. The second-order valence-corrected chi connectivity index (χ2v) is 6.48. The topological polar surface area (TPSA) is 32.3 Å². The van der Waals surface area contributed by atoms with Crippen LogP contribution in [0.15, 0.2) is 30.3 Å². The Kier molecular flexibility index (Phi) is 4.91. The van der Waals surface area contributed by atoms with Gasteiger partial charge in [-0.2, -0.15) is 0 Å². The summed E-state index contributed by atoms with van der Waals surface area (Å²) < 4.78 is 0. The molecular formula is C18H26N2O. The van der Waals surface area contributed by atoms with Crippen LogP contribution in [-0.2, 0) is 11.2 Å². The van der Waals surface area contributed by atoms with Gasteiger partial charge in [-0.25, -0.2) is 0 Å². The van der Waals surface area contributed by atoms with Crippen molar-refractivity contribution in [2.75, 3.05) is 13.1 Å². The van der Waals surface area contributed by atoms with E-state index in [2.05, 4.69) is 29.6 Å². The molecule has 1 N–H and O–H groups in total. The average Bonchev–Trinajstić information content (AvgIpc) is 2.87. The lowest BCUT2D eigenvalue weighted by Crippen LogP contribution is -2.41. The first kappa shape index (κ1) is 14.6. The predicted molar refractivity (Wildman–Crippen MR) is 85.1 cm³/mol. The third-order valence-corrected chi connectivity index (χ3v) is 4.80. The summed E-state index contributed by atoms with van der Waals surface area (Å²) in [5.74, 6) is 0.319. The molecule has 2 aliphatic rings. The molecule has 114 valence electrons. The van der Waals surface area contributed by atoms with Crippen LogP contribution in [0, 0.1) is 0 Å². The molecule has 21 heavy (non-hydrogen) atoms. The van der Waals surface area contributed by atoms with Gasteiger partial charge in [0.05, 0.1) is 0 Å². The minimum Gasteiger partial charge on any atom is -0.341 e. The average molecular weight is 286 g/mol. The van der Waals surface area contributed by atoms with Crippen molar-refractivity contribution in [1.82, 2.24) is 10.2 Å². The van der Waals surface area contributed by atoms with Gasteiger partial charge in [0.2, 0.25) is 5.91 Å². The van der Waals surface area contributed by atoms with Crippen molar-refractivity contribution < 1.29 is 4.79 Å². The van der Waals surface area contributed by atoms with Crippen LogP contribution >= 0.6 is 0 Å². The number of hydrogen-bond donors (Lipinski definition) is 1. The number of benzene rings is 1. The Morgan fingerprint density at radius 2 is 1.81 bits per heavy atom. The number of nitrogens with one attached hydrogen (secondary N) is 1. The number of carbonyl (C=O) groups is 1. The molecule has 1 aromatic carbocycles. The Balaban J connectivity index is 1.45. The first-order chi connectivity index (χ1) is 10.3. The molecule has 1 heterocycles. The van der Waals surface area contributed by atoms with Gasteiger partial charge >= 0.3 is 0 Å². The van der Waals surface area contributed by atoms with E-state index < -0.39 is 0 Å². The summed E-state index contributed by atoms with van der Waals surface area (Å²) in [6.45, 7) is 1.74. The normalized spacial score (nSPS) is 23.7. The van der Waals surface area contributed by atoms with E-state index in [-0.39, 0.29) is 0 Å². The summed E-state index contributed by atoms with van der Waals surface area (Å²) in [5, 5.41) is 3.71. The monoisotopic (exact) mass is 286 g/mol. The largest absolute Gasteiger partial charge is 0.341 e. The van der Waals surface area contributed by atoms with E-state index >= 15 is 0 Å². The van der Waals surface area contributed by atoms with E-state index in [9.17, 15) is 4.79 Å². The fraction of sp³-hybridized carbons (Fsp3) is 0.611. The van der Waals surface area contributed by atoms with Crippen LogP contribution in [0.4, 0.5) is 0 Å². The number of nitrogens with zero attached hydrogens (tertiary/aromatic N) is 1. The highest BCUT2D eigenvalue weighted by Gasteiger charge is 2.30. The van der Waals surface area contributed by atoms with Gasteiger partial charge in [0.1, 0.15) is 0 Å². The van der Waals surface area contributed by atoms with E-state index in [0.29, 0.717) is 24.4 Å². The molecule has 1 aromatic rings. The van der Waals surface area contributed by atoms with Gasteiger partial charge < -0.3 is 10.2 Å². The van der Waals surface area contributed by atoms with Crippen molar-refractivity contribution in [2.24, 2.45) is 0 Å². The zero-order valence-corrected chi connectivity index (χ0v) is 12.8. The van der Waals surface area contributed by atoms with Crippen molar-refractivity contribution >= 4 is 5.91 Å². The summed E-state index contributed by atoms with van der Waals surface area (Å²) in [6, 6.07) is 11.5. The fourth-order valence-electron chi connectivity index (χ4n) is 3.61. The van der Waals surface area contributed by atoms with Crippen molar-refractivity contribution in [3.63, 3.8) is 0 Å². The third kappa shape index (κ3) is 4.07. The number of carbonyl (C=O) groups excluding carboxylic acids is 1. The molecule has 1 aliphatic heterocycles. The first-order valence-corrected chi connectivity index (χ1v) is 8.39. The van der Waals surface area contributed by atoms with E-state index in [4.69, 9.17) is 0 Å². The number of hydrogen-bond acceptors (Lipinski definition) is 2. The van der Waals surface area contributed by atoms with Gasteiger partial charge in [-0.15, -0.1) is 0 Å². The van der Waals surface area contributed by atoms with Gasteiger partial charge in [-0.1, -0.05) is 49.6 Å². The molecule has 0 unspecified atom stereocenters. The molecular weight excluding hydrogens is 260 g/mol. The summed E-state index contributed by atoms with van der Waals surface area (Å²) >= 11 is 0. The van der Waals surface area contributed by atoms with Crippen LogP contribution in [0.5, 0.6) is 0 Å². The third-order valence-electron chi connectivity index (χ3n) is 4.80. The van der Waals surface area contributed by atoms with Crippen molar-refractivity contribution in [1.29, 1.82) is 0 Å². The zero-order chi connectivity index (χ0) is 14.5. The Hall–Kier alpha value is -1.35. The highest BCUT2D eigenvalue weighted by molar-refractivity contribution is 5.79. The maximum Gasteiger partial charge on any atom is 0.224 e. The van der Waals surface area contributed by atoms with Crippen molar-refractivity contribution in [2.45, 2.75) is 57.0 Å². The van der Waals surface area contributed by atoms with Crippen molar-refractivity contribution in [3.05, 3.63) is 35.9 Å². The molecule has 0 bridgehead atoms. The fourth-order valence-corrected chi connectivity index (χ4v) is 3.61. The second-order valence-electron chi connectivity index (χ2n) is 6.48. The van der Waals surface area contributed by atoms with E-state index in [1.165, 1.54) is 37.7 Å². The van der Waals surface area contributed by atoms with Gasteiger partial charge in [0, 0.05) is 31.6 Å². The van der Waals surface area contributed by atoms with Crippen LogP contribution < -0.4 is 5.32 Å². The zero-order valence-electron chi connectivity index (χ0n) is 12.8. The summed E-state index contributed by atoms with van der Waals surface area (Å²) in [5.41, 5.74) is 1.31. The molecule has 2 fully saturated rings. The van der Waals surface area contributed by atoms with Gasteiger partial charge in [-0.05, 0) is 24.8 Å². The number of amides is 1. The van der Waals surface area contributed by atoms with Crippen LogP contribution in [0.2, 0.25) is 0 Å². The molecule has 1 atom stereocenters. The molecule has 0 spiro atoms. The minimum absolute atomic E-state index is 0.319. The van der Waals surface area contributed by atoms with E-state index in [0.717, 1.165) is 19.5 Å². The summed E-state index contributed by atoms with van der Waals surface area (Å²) in [6.07, 6.45) is 8.29. The Morgan fingerprint density at radius 3 is 2.57 bits per heavy atom. The van der Waals surface area contributed by atoms with Gasteiger partial charge in [-0.3, -0.25) is 4.79 Å². The molecule has 1 amide bonds. The molecule has 1 saturated carbocycles. The van der Waals surface area contributed by atoms with E-state index in [1.54, 1.807) is 0 Å². The molecule has 3 nitrogen and oxygen atoms in total. The van der Waals surface area contributed by atoms with Crippen molar-refractivity contribution in [3.8, 4) is 0 Å². The lowest BCUT2D eigenvalue weighted by molar-refractivity contribution is -0.127. The van der Waals surface area contributed by atoms with Gasteiger partial charge in [0.25, 0.3) is 0 Å².